The highest BCUT2D eigenvalue weighted by molar-refractivity contribution is 7.92. The van der Waals surface area contributed by atoms with Gasteiger partial charge in [0.25, 0.3) is 0 Å². The van der Waals surface area contributed by atoms with Gasteiger partial charge >= 0.3 is 0 Å². The highest BCUT2D eigenvalue weighted by Gasteiger charge is 2.26. The van der Waals surface area contributed by atoms with E-state index in [1.165, 1.54) is 0 Å². The highest BCUT2D eigenvalue weighted by Crippen LogP contribution is 2.34. The smallest absolute Gasteiger partial charge is 0.240 e. The topological polar surface area (TPSA) is 94.2 Å². The molecule has 1 N–H and O–H groups in total. The molecule has 1 amide bonds. The Morgan fingerprint density at radius 3 is 2.69 bits per heavy atom. The van der Waals surface area contributed by atoms with Crippen LogP contribution in [0.1, 0.15) is 19.8 Å². The summed E-state index contributed by atoms with van der Waals surface area (Å²) >= 11 is 0. The van der Waals surface area contributed by atoms with Gasteiger partial charge in [-0.2, -0.15) is 0 Å². The van der Waals surface area contributed by atoms with E-state index in [2.05, 4.69) is 5.32 Å². The van der Waals surface area contributed by atoms with Gasteiger partial charge in [0.15, 0.2) is 11.5 Å². The molecule has 0 bridgehead atoms. The van der Waals surface area contributed by atoms with Crippen LogP contribution in [0.25, 0.3) is 0 Å². The largest absolute Gasteiger partial charge is 0.486 e. The minimum absolute atomic E-state index is 0.00414. The van der Waals surface area contributed by atoms with Crippen molar-refractivity contribution in [1.29, 1.82) is 0 Å². The number of anilines is 1. The summed E-state index contributed by atoms with van der Waals surface area (Å²) in [5.74, 6) is 0.564. The molecule has 1 atom stereocenters. The van der Waals surface area contributed by atoms with Gasteiger partial charge in [-0.1, -0.05) is 0 Å². The summed E-state index contributed by atoms with van der Waals surface area (Å²) in [5.41, 5.74) is 0.378. The highest BCUT2D eigenvalue weighted by atomic mass is 32.2. The van der Waals surface area contributed by atoms with E-state index in [1.807, 2.05) is 0 Å². The summed E-state index contributed by atoms with van der Waals surface area (Å²) in [6, 6.07) is 4.87. The lowest BCUT2D eigenvalue weighted by molar-refractivity contribution is -0.120. The molecular formula is C17H24N2O6S. The van der Waals surface area contributed by atoms with Crippen LogP contribution in [-0.2, 0) is 19.6 Å². The second-order valence-corrected chi connectivity index (χ2v) is 8.36. The maximum Gasteiger partial charge on any atom is 0.240 e. The van der Waals surface area contributed by atoms with Crippen LogP contribution in [0, 0.1) is 0 Å². The molecule has 0 spiro atoms. The van der Waals surface area contributed by atoms with E-state index in [0.29, 0.717) is 43.6 Å². The average Bonchev–Trinajstić information content (AvgIpc) is 3.17. The number of fused-ring (bicyclic) bond motifs is 1. The summed E-state index contributed by atoms with van der Waals surface area (Å²) in [6.45, 7) is 3.20. The number of benzene rings is 1. The Hall–Kier alpha value is -2.00. The van der Waals surface area contributed by atoms with Gasteiger partial charge in [-0.25, -0.2) is 8.42 Å². The minimum atomic E-state index is -3.63. The van der Waals surface area contributed by atoms with Crippen LogP contribution < -0.4 is 19.1 Å². The van der Waals surface area contributed by atoms with E-state index in [4.69, 9.17) is 14.2 Å². The van der Waals surface area contributed by atoms with Crippen molar-refractivity contribution >= 4 is 21.6 Å². The molecule has 0 unspecified atom stereocenters. The molecule has 2 aliphatic rings. The molecule has 26 heavy (non-hydrogen) atoms. The molecule has 3 rings (SSSR count). The fourth-order valence-corrected chi connectivity index (χ4v) is 3.97. The van der Waals surface area contributed by atoms with E-state index in [0.717, 1.165) is 17.1 Å². The number of hydrogen-bond acceptors (Lipinski definition) is 6. The molecule has 0 radical (unpaired) electrons. The Kier molecular flexibility index (Phi) is 5.87. The van der Waals surface area contributed by atoms with Crippen LogP contribution in [-0.4, -0.2) is 59.1 Å². The van der Waals surface area contributed by atoms with Gasteiger partial charge in [-0.15, -0.1) is 0 Å². The molecule has 1 aromatic rings. The Balaban J connectivity index is 1.74. The SMILES string of the molecule is CCS(=O)(=O)N(CC(=O)NC[C@@H]1CCCO1)c1ccc2c(c1)OCCO2. The lowest BCUT2D eigenvalue weighted by Crippen LogP contribution is -2.43. The van der Waals surface area contributed by atoms with E-state index >= 15 is 0 Å². The molecule has 9 heteroatoms. The monoisotopic (exact) mass is 384 g/mol. The fourth-order valence-electron chi connectivity index (χ4n) is 2.91. The number of hydrogen-bond donors (Lipinski definition) is 1. The third-order valence-electron chi connectivity index (χ3n) is 4.35. The minimum Gasteiger partial charge on any atom is -0.486 e. The summed E-state index contributed by atoms with van der Waals surface area (Å²) in [4.78, 5) is 12.3. The molecule has 1 saturated heterocycles. The van der Waals surface area contributed by atoms with Gasteiger partial charge < -0.3 is 19.5 Å². The zero-order valence-corrected chi connectivity index (χ0v) is 15.6. The van der Waals surface area contributed by atoms with Crippen LogP contribution in [0.4, 0.5) is 5.69 Å². The number of amides is 1. The lowest BCUT2D eigenvalue weighted by atomic mass is 10.2. The first-order valence-corrected chi connectivity index (χ1v) is 10.4. The standard InChI is InChI=1S/C17H24N2O6S/c1-2-26(21,22)19(12-17(20)18-11-14-4-3-7-23-14)13-5-6-15-16(10-13)25-9-8-24-15/h5-6,10,14H,2-4,7-9,11-12H2,1H3,(H,18,20)/t14-/m0/s1. The summed E-state index contributed by atoms with van der Waals surface area (Å²) in [5, 5.41) is 2.76. The zero-order valence-electron chi connectivity index (χ0n) is 14.8. The normalized spacial score (nSPS) is 19.2. The van der Waals surface area contributed by atoms with Crippen molar-refractivity contribution in [1.82, 2.24) is 5.32 Å². The average molecular weight is 384 g/mol. The second kappa shape index (κ2) is 8.13. The number of carbonyl (C=O) groups is 1. The fraction of sp³-hybridized carbons (Fsp3) is 0.588. The molecule has 1 aromatic carbocycles. The zero-order chi connectivity index (χ0) is 18.6. The van der Waals surface area contributed by atoms with Crippen LogP contribution in [0.2, 0.25) is 0 Å². The van der Waals surface area contributed by atoms with E-state index in [1.54, 1.807) is 25.1 Å². The first-order chi connectivity index (χ1) is 12.5. The number of ether oxygens (including phenoxy) is 3. The van der Waals surface area contributed by atoms with Crippen molar-refractivity contribution in [2.45, 2.75) is 25.9 Å². The Morgan fingerprint density at radius 2 is 2.00 bits per heavy atom. The Bertz CT molecular complexity index is 746. The van der Waals surface area contributed by atoms with Crippen LogP contribution in [0.3, 0.4) is 0 Å². The first-order valence-electron chi connectivity index (χ1n) is 8.78. The van der Waals surface area contributed by atoms with Crippen molar-refractivity contribution in [3.8, 4) is 11.5 Å². The van der Waals surface area contributed by atoms with Crippen LogP contribution >= 0.6 is 0 Å². The third-order valence-corrected chi connectivity index (χ3v) is 6.09. The maximum absolute atomic E-state index is 12.5. The van der Waals surface area contributed by atoms with Crippen LogP contribution in [0.15, 0.2) is 18.2 Å². The molecule has 0 aliphatic carbocycles. The van der Waals surface area contributed by atoms with Gasteiger partial charge in [0.05, 0.1) is 17.5 Å². The summed E-state index contributed by atoms with van der Waals surface area (Å²) in [7, 11) is -3.63. The molecular weight excluding hydrogens is 360 g/mol. The molecule has 2 heterocycles. The third kappa shape index (κ3) is 4.39. The van der Waals surface area contributed by atoms with E-state index in [9.17, 15) is 13.2 Å². The molecule has 1 fully saturated rings. The van der Waals surface area contributed by atoms with Gasteiger partial charge in [-0.05, 0) is 31.9 Å². The van der Waals surface area contributed by atoms with Crippen molar-refractivity contribution in [2.75, 3.05) is 43.0 Å². The van der Waals surface area contributed by atoms with Crippen molar-refractivity contribution < 1.29 is 27.4 Å². The first kappa shape index (κ1) is 18.8. The molecule has 0 saturated carbocycles. The quantitative estimate of drug-likeness (QED) is 0.751. The van der Waals surface area contributed by atoms with Crippen LogP contribution in [0.5, 0.6) is 11.5 Å². The maximum atomic E-state index is 12.5. The molecule has 144 valence electrons. The molecule has 8 nitrogen and oxygen atoms in total. The molecule has 2 aliphatic heterocycles. The number of nitrogens with one attached hydrogen (secondary N) is 1. The number of carbonyl (C=O) groups excluding carboxylic acids is 1. The van der Waals surface area contributed by atoms with Gasteiger partial charge in [-0.3, -0.25) is 9.10 Å². The van der Waals surface area contributed by atoms with E-state index in [-0.39, 0.29) is 24.3 Å². The summed E-state index contributed by atoms with van der Waals surface area (Å²) in [6.07, 6.45) is 1.89. The van der Waals surface area contributed by atoms with Gasteiger partial charge in [0.2, 0.25) is 15.9 Å². The second-order valence-electron chi connectivity index (χ2n) is 6.17. The van der Waals surface area contributed by atoms with Crippen molar-refractivity contribution in [3.63, 3.8) is 0 Å². The predicted octanol–water partition coefficient (Wildman–Crippen LogP) is 0.909. The predicted molar refractivity (Wildman–Crippen MR) is 96.2 cm³/mol. The Morgan fingerprint density at radius 1 is 1.23 bits per heavy atom. The molecule has 0 aromatic heterocycles. The summed E-state index contributed by atoms with van der Waals surface area (Å²) < 4.78 is 42.6. The van der Waals surface area contributed by atoms with Gasteiger partial charge in [0.1, 0.15) is 19.8 Å². The Labute approximate surface area is 153 Å². The van der Waals surface area contributed by atoms with Crippen molar-refractivity contribution in [2.24, 2.45) is 0 Å². The number of rotatable bonds is 7. The lowest BCUT2D eigenvalue weighted by Gasteiger charge is -2.26. The van der Waals surface area contributed by atoms with E-state index < -0.39 is 10.0 Å². The number of sulfonamides is 1. The number of nitrogens with zero attached hydrogens (tertiary/aromatic N) is 1. The van der Waals surface area contributed by atoms with Crippen molar-refractivity contribution in [3.05, 3.63) is 18.2 Å². The van der Waals surface area contributed by atoms with Gasteiger partial charge in [0, 0.05) is 19.2 Å².